The Labute approximate surface area is 114 Å². The molecule has 0 saturated carbocycles. The van der Waals surface area contributed by atoms with E-state index in [-0.39, 0.29) is 11.8 Å². The molecule has 1 rings (SSSR count). The Morgan fingerprint density at radius 3 is 2.05 bits per heavy atom. The molecule has 0 aliphatic rings. The van der Waals surface area contributed by atoms with Gasteiger partial charge in [-0.2, -0.15) is 0 Å². The van der Waals surface area contributed by atoms with Gasteiger partial charge in [-0.05, 0) is 33.2 Å². The number of benzene rings is 1. The van der Waals surface area contributed by atoms with Gasteiger partial charge in [0.1, 0.15) is 0 Å². The molecule has 0 radical (unpaired) electrons. The van der Waals surface area contributed by atoms with Crippen molar-refractivity contribution in [2.45, 2.75) is 13.0 Å². The Morgan fingerprint density at radius 1 is 1.05 bits per heavy atom. The molecule has 0 aliphatic carbocycles. The number of rotatable bonds is 6. The van der Waals surface area contributed by atoms with Crippen LogP contribution in [0.2, 0.25) is 0 Å². The van der Waals surface area contributed by atoms with Gasteiger partial charge in [0, 0.05) is 0 Å². The minimum atomic E-state index is -0.244. The van der Waals surface area contributed by atoms with Crippen molar-refractivity contribution in [2.24, 2.45) is 0 Å². The molecule has 0 N–H and O–H groups in total. The molecule has 0 fully saturated rings. The first-order valence-electron chi connectivity index (χ1n) is 5.97. The molecule has 0 spiro atoms. The maximum atomic E-state index is 12.4. The summed E-state index contributed by atoms with van der Waals surface area (Å²) in [5.74, 6) is 1.35. The predicted molar refractivity (Wildman–Crippen MR) is 73.6 cm³/mol. The zero-order chi connectivity index (χ0) is 14.6. The highest BCUT2D eigenvalue weighted by atomic mass is 16.5. The number of carbonyl (C=O) groups excluding carboxylic acids is 1. The quantitative estimate of drug-likeness (QED) is 0.736. The SMILES string of the molecule is COc1ccc(C(=O)C(C)N(C)C)c(OC)c1OC. The normalized spacial score (nSPS) is 12.2. The number of ether oxygens (including phenoxy) is 3. The summed E-state index contributed by atoms with van der Waals surface area (Å²) in [7, 11) is 8.28. The van der Waals surface area contributed by atoms with E-state index in [0.717, 1.165) is 0 Å². The summed E-state index contributed by atoms with van der Waals surface area (Å²) in [5.41, 5.74) is 0.487. The van der Waals surface area contributed by atoms with Crippen molar-refractivity contribution < 1.29 is 19.0 Å². The Hall–Kier alpha value is -1.75. The average molecular weight is 267 g/mol. The van der Waals surface area contributed by atoms with Gasteiger partial charge in [-0.15, -0.1) is 0 Å². The predicted octanol–water partition coefficient (Wildman–Crippen LogP) is 1.85. The summed E-state index contributed by atoms with van der Waals surface area (Å²) in [4.78, 5) is 14.3. The third-order valence-electron chi connectivity index (χ3n) is 3.12. The largest absolute Gasteiger partial charge is 0.493 e. The van der Waals surface area contributed by atoms with Gasteiger partial charge in [-0.1, -0.05) is 0 Å². The van der Waals surface area contributed by atoms with E-state index in [9.17, 15) is 4.79 Å². The van der Waals surface area contributed by atoms with Crippen LogP contribution in [0.15, 0.2) is 12.1 Å². The van der Waals surface area contributed by atoms with Crippen LogP contribution in [-0.2, 0) is 0 Å². The second kappa shape index (κ2) is 6.43. The van der Waals surface area contributed by atoms with E-state index >= 15 is 0 Å². The van der Waals surface area contributed by atoms with Gasteiger partial charge in [-0.3, -0.25) is 9.69 Å². The van der Waals surface area contributed by atoms with Crippen LogP contribution in [0.3, 0.4) is 0 Å². The van der Waals surface area contributed by atoms with Crippen LogP contribution >= 0.6 is 0 Å². The first-order valence-corrected chi connectivity index (χ1v) is 5.97. The van der Waals surface area contributed by atoms with Crippen molar-refractivity contribution in [1.82, 2.24) is 4.90 Å². The third-order valence-corrected chi connectivity index (χ3v) is 3.12. The monoisotopic (exact) mass is 267 g/mol. The number of Topliss-reactive ketones (excluding diaryl/α,β-unsaturated/α-hetero) is 1. The fourth-order valence-corrected chi connectivity index (χ4v) is 1.75. The molecule has 0 bridgehead atoms. The van der Waals surface area contributed by atoms with E-state index in [1.807, 2.05) is 25.9 Å². The molecule has 1 aromatic rings. The molecule has 1 aromatic carbocycles. The third kappa shape index (κ3) is 2.98. The first-order chi connectivity index (χ1) is 8.97. The van der Waals surface area contributed by atoms with Gasteiger partial charge < -0.3 is 14.2 Å². The highest BCUT2D eigenvalue weighted by Gasteiger charge is 2.24. The highest BCUT2D eigenvalue weighted by molar-refractivity contribution is 6.03. The van der Waals surface area contributed by atoms with Gasteiger partial charge in [0.05, 0.1) is 32.9 Å². The van der Waals surface area contributed by atoms with Crippen molar-refractivity contribution in [3.05, 3.63) is 17.7 Å². The van der Waals surface area contributed by atoms with E-state index < -0.39 is 0 Å². The second-order valence-corrected chi connectivity index (χ2v) is 4.39. The Kier molecular flexibility index (Phi) is 5.18. The lowest BCUT2D eigenvalue weighted by molar-refractivity contribution is 0.0887. The van der Waals surface area contributed by atoms with Crippen LogP contribution in [0.1, 0.15) is 17.3 Å². The molecule has 5 heteroatoms. The summed E-state index contributed by atoms with van der Waals surface area (Å²) in [6.07, 6.45) is 0. The summed E-state index contributed by atoms with van der Waals surface area (Å²) in [6, 6.07) is 3.16. The second-order valence-electron chi connectivity index (χ2n) is 4.39. The molecule has 1 unspecified atom stereocenters. The fraction of sp³-hybridized carbons (Fsp3) is 0.500. The zero-order valence-electron chi connectivity index (χ0n) is 12.3. The van der Waals surface area contributed by atoms with Gasteiger partial charge in [0.25, 0.3) is 0 Å². The highest BCUT2D eigenvalue weighted by Crippen LogP contribution is 2.40. The number of hydrogen-bond donors (Lipinski definition) is 0. The maximum Gasteiger partial charge on any atom is 0.204 e. The van der Waals surface area contributed by atoms with Crippen molar-refractivity contribution in [3.63, 3.8) is 0 Å². The molecular weight excluding hydrogens is 246 g/mol. The van der Waals surface area contributed by atoms with E-state index in [2.05, 4.69) is 0 Å². The zero-order valence-corrected chi connectivity index (χ0v) is 12.3. The number of nitrogens with zero attached hydrogens (tertiary/aromatic N) is 1. The van der Waals surface area contributed by atoms with Crippen molar-refractivity contribution in [1.29, 1.82) is 0 Å². The van der Waals surface area contributed by atoms with Gasteiger partial charge in [-0.25, -0.2) is 0 Å². The minimum Gasteiger partial charge on any atom is -0.493 e. The van der Waals surface area contributed by atoms with E-state index in [0.29, 0.717) is 22.8 Å². The number of likely N-dealkylation sites (N-methyl/N-ethyl adjacent to an activating group) is 1. The summed E-state index contributed by atoms with van der Waals surface area (Å²) >= 11 is 0. The molecule has 106 valence electrons. The number of ketones is 1. The van der Waals surface area contributed by atoms with E-state index in [1.54, 1.807) is 19.2 Å². The van der Waals surface area contributed by atoms with E-state index in [1.165, 1.54) is 14.2 Å². The average Bonchev–Trinajstić information content (AvgIpc) is 2.43. The van der Waals surface area contributed by atoms with E-state index in [4.69, 9.17) is 14.2 Å². The van der Waals surface area contributed by atoms with Crippen molar-refractivity contribution in [3.8, 4) is 17.2 Å². The smallest absolute Gasteiger partial charge is 0.204 e. The molecule has 0 aromatic heterocycles. The van der Waals surface area contributed by atoms with Gasteiger partial charge >= 0.3 is 0 Å². The molecule has 0 amide bonds. The van der Waals surface area contributed by atoms with Crippen LogP contribution in [0.4, 0.5) is 0 Å². The molecule has 5 nitrogen and oxygen atoms in total. The number of methoxy groups -OCH3 is 3. The summed E-state index contributed by atoms with van der Waals surface area (Å²) in [6.45, 7) is 1.85. The maximum absolute atomic E-state index is 12.4. The Balaban J connectivity index is 3.33. The van der Waals surface area contributed by atoms with Crippen LogP contribution < -0.4 is 14.2 Å². The minimum absolute atomic E-state index is 0.0252. The standard InChI is InChI=1S/C14H21NO4/c1-9(15(2)3)12(16)10-7-8-11(17-4)14(19-6)13(10)18-5/h7-9H,1-6H3. The van der Waals surface area contributed by atoms with Crippen molar-refractivity contribution in [2.75, 3.05) is 35.4 Å². The summed E-state index contributed by atoms with van der Waals surface area (Å²) < 4.78 is 15.8. The van der Waals surface area contributed by atoms with Crippen LogP contribution in [0, 0.1) is 0 Å². The van der Waals surface area contributed by atoms with Gasteiger partial charge in [0.15, 0.2) is 17.3 Å². The topological polar surface area (TPSA) is 48.0 Å². The van der Waals surface area contributed by atoms with Crippen molar-refractivity contribution >= 4 is 5.78 Å². The first kappa shape index (κ1) is 15.3. The van der Waals surface area contributed by atoms with Gasteiger partial charge in [0.2, 0.25) is 5.75 Å². The molecule has 19 heavy (non-hydrogen) atoms. The lowest BCUT2D eigenvalue weighted by Crippen LogP contribution is -2.33. The fourth-order valence-electron chi connectivity index (χ4n) is 1.75. The lowest BCUT2D eigenvalue weighted by atomic mass is 10.0. The number of hydrogen-bond acceptors (Lipinski definition) is 5. The van der Waals surface area contributed by atoms with Crippen LogP contribution in [0.5, 0.6) is 17.2 Å². The summed E-state index contributed by atoms with van der Waals surface area (Å²) in [5, 5.41) is 0. The molecular formula is C14H21NO4. The molecule has 0 aliphatic heterocycles. The lowest BCUT2D eigenvalue weighted by Gasteiger charge is -2.21. The molecule has 0 saturated heterocycles. The Morgan fingerprint density at radius 2 is 1.63 bits per heavy atom. The van der Waals surface area contributed by atoms with Crippen LogP contribution in [-0.4, -0.2) is 52.1 Å². The Bertz CT molecular complexity index is 457. The van der Waals surface area contributed by atoms with Crippen LogP contribution in [0.25, 0.3) is 0 Å². The number of carbonyl (C=O) groups is 1. The molecule has 0 heterocycles. The molecule has 1 atom stereocenters.